The van der Waals surface area contributed by atoms with E-state index in [-0.39, 0.29) is 5.56 Å². The number of carbonyl (C=O) groups is 1. The van der Waals surface area contributed by atoms with Gasteiger partial charge < -0.3 is 10.8 Å². The number of nitrogen functional groups attached to an aromatic ring is 1. The highest BCUT2D eigenvalue weighted by atomic mass is 32.2. The standard InChI is InChI=1S/C8H9NO2.CH4O3S/c1-5-2-3-6(9)4-7(5)8(10)11;1-5(2,3)4/h2-4H,9H2,1H3,(H,10,11);1H3,(H,2,3,4). The first-order valence-corrected chi connectivity index (χ1v) is 5.98. The predicted molar refractivity (Wildman–Crippen MR) is 60.0 cm³/mol. The van der Waals surface area contributed by atoms with Gasteiger partial charge in [-0.15, -0.1) is 0 Å². The van der Waals surface area contributed by atoms with E-state index in [1.54, 1.807) is 19.1 Å². The Kier molecular flexibility index (Phi) is 4.93. The van der Waals surface area contributed by atoms with Crippen LogP contribution < -0.4 is 5.73 Å². The zero-order valence-corrected chi connectivity index (χ0v) is 9.65. The molecule has 0 aliphatic carbocycles. The van der Waals surface area contributed by atoms with Gasteiger partial charge in [-0.05, 0) is 24.6 Å². The summed E-state index contributed by atoms with van der Waals surface area (Å²) in [7, 11) is -3.67. The van der Waals surface area contributed by atoms with Crippen molar-refractivity contribution >= 4 is 21.8 Å². The van der Waals surface area contributed by atoms with E-state index < -0.39 is 16.1 Å². The zero-order chi connectivity index (χ0) is 12.9. The Hall–Kier alpha value is -1.60. The number of anilines is 1. The molecule has 90 valence electrons. The minimum absolute atomic E-state index is 0.269. The van der Waals surface area contributed by atoms with Crippen LogP contribution in [-0.4, -0.2) is 30.3 Å². The van der Waals surface area contributed by atoms with E-state index in [0.717, 1.165) is 5.56 Å². The lowest BCUT2D eigenvalue weighted by atomic mass is 10.1. The van der Waals surface area contributed by atoms with E-state index in [1.165, 1.54) is 6.07 Å². The fraction of sp³-hybridized carbons (Fsp3) is 0.222. The van der Waals surface area contributed by atoms with Gasteiger partial charge >= 0.3 is 5.97 Å². The lowest BCUT2D eigenvalue weighted by molar-refractivity contribution is 0.0696. The molecule has 0 spiro atoms. The molecule has 0 unspecified atom stereocenters. The highest BCUT2D eigenvalue weighted by Crippen LogP contribution is 2.11. The van der Waals surface area contributed by atoms with E-state index in [9.17, 15) is 13.2 Å². The van der Waals surface area contributed by atoms with Crippen LogP contribution in [0.1, 0.15) is 15.9 Å². The number of aryl methyl sites for hydroxylation is 1. The van der Waals surface area contributed by atoms with Gasteiger partial charge in [-0.2, -0.15) is 8.42 Å². The number of carboxylic acid groups (broad SMARTS) is 1. The second-order valence-corrected chi connectivity index (χ2v) is 4.58. The van der Waals surface area contributed by atoms with Crippen molar-refractivity contribution in [3.63, 3.8) is 0 Å². The van der Waals surface area contributed by atoms with Gasteiger partial charge in [0.15, 0.2) is 0 Å². The molecule has 0 aliphatic rings. The topological polar surface area (TPSA) is 118 Å². The van der Waals surface area contributed by atoms with Crippen LogP contribution in [0.25, 0.3) is 0 Å². The monoisotopic (exact) mass is 247 g/mol. The van der Waals surface area contributed by atoms with Crippen LogP contribution in [0.5, 0.6) is 0 Å². The second-order valence-electron chi connectivity index (χ2n) is 3.11. The molecule has 1 aromatic carbocycles. The van der Waals surface area contributed by atoms with Crippen LogP contribution in [0.4, 0.5) is 5.69 Å². The third-order valence-corrected chi connectivity index (χ3v) is 1.49. The number of rotatable bonds is 1. The molecule has 0 bridgehead atoms. The average molecular weight is 247 g/mol. The first kappa shape index (κ1) is 14.4. The van der Waals surface area contributed by atoms with Crippen molar-refractivity contribution in [2.45, 2.75) is 6.92 Å². The fourth-order valence-electron chi connectivity index (χ4n) is 0.870. The van der Waals surface area contributed by atoms with Crippen molar-refractivity contribution in [3.05, 3.63) is 29.3 Å². The quantitative estimate of drug-likeness (QED) is 0.498. The molecule has 4 N–H and O–H groups in total. The van der Waals surface area contributed by atoms with E-state index in [0.29, 0.717) is 11.9 Å². The first-order chi connectivity index (χ1) is 7.11. The van der Waals surface area contributed by atoms with Crippen molar-refractivity contribution < 1.29 is 22.9 Å². The minimum atomic E-state index is -3.67. The van der Waals surface area contributed by atoms with Crippen LogP contribution in [0.2, 0.25) is 0 Å². The molecule has 0 atom stereocenters. The van der Waals surface area contributed by atoms with Crippen molar-refractivity contribution in [3.8, 4) is 0 Å². The smallest absolute Gasteiger partial charge is 0.336 e. The van der Waals surface area contributed by atoms with Gasteiger partial charge in [-0.1, -0.05) is 6.07 Å². The zero-order valence-electron chi connectivity index (χ0n) is 8.84. The molecule has 0 aliphatic heterocycles. The van der Waals surface area contributed by atoms with Crippen LogP contribution in [0, 0.1) is 6.92 Å². The molecule has 0 aromatic heterocycles. The van der Waals surface area contributed by atoms with E-state index in [2.05, 4.69) is 0 Å². The van der Waals surface area contributed by atoms with Gasteiger partial charge in [0.1, 0.15) is 0 Å². The summed E-state index contributed by atoms with van der Waals surface area (Å²) in [5.74, 6) is -0.935. The molecule has 0 fully saturated rings. The number of aromatic carboxylic acids is 1. The number of carboxylic acids is 1. The lowest BCUT2D eigenvalue weighted by Gasteiger charge is -2.00. The molecule has 1 aromatic rings. The van der Waals surface area contributed by atoms with Crippen LogP contribution in [0.3, 0.4) is 0 Å². The molecule has 1 rings (SSSR count). The summed E-state index contributed by atoms with van der Waals surface area (Å²) in [5.41, 5.74) is 6.88. The Morgan fingerprint density at radius 3 is 2.12 bits per heavy atom. The van der Waals surface area contributed by atoms with Gasteiger partial charge in [0, 0.05) is 5.69 Å². The summed E-state index contributed by atoms with van der Waals surface area (Å²) < 4.78 is 25.9. The summed E-state index contributed by atoms with van der Waals surface area (Å²) in [6.45, 7) is 1.74. The van der Waals surface area contributed by atoms with Crippen LogP contribution in [0.15, 0.2) is 18.2 Å². The van der Waals surface area contributed by atoms with Gasteiger partial charge in [0.2, 0.25) is 0 Å². The largest absolute Gasteiger partial charge is 0.478 e. The fourth-order valence-corrected chi connectivity index (χ4v) is 0.870. The Balaban J connectivity index is 0.000000385. The van der Waals surface area contributed by atoms with Crippen LogP contribution in [-0.2, 0) is 10.1 Å². The molecule has 7 heteroatoms. The molecule has 0 radical (unpaired) electrons. The highest BCUT2D eigenvalue weighted by Gasteiger charge is 2.05. The van der Waals surface area contributed by atoms with Gasteiger partial charge in [0.25, 0.3) is 10.1 Å². The Labute approximate surface area is 93.5 Å². The van der Waals surface area contributed by atoms with Crippen molar-refractivity contribution in [1.29, 1.82) is 0 Å². The number of hydrogen-bond acceptors (Lipinski definition) is 4. The molecule has 0 amide bonds. The molecule has 0 saturated carbocycles. The van der Waals surface area contributed by atoms with Crippen molar-refractivity contribution in [1.82, 2.24) is 0 Å². The average Bonchev–Trinajstić information content (AvgIpc) is 2.06. The third kappa shape index (κ3) is 6.80. The molecule has 6 nitrogen and oxygen atoms in total. The SMILES string of the molecule is CS(=O)(=O)O.Cc1ccc(N)cc1C(=O)O. The summed E-state index contributed by atoms with van der Waals surface area (Å²) >= 11 is 0. The lowest BCUT2D eigenvalue weighted by Crippen LogP contribution is -2.00. The minimum Gasteiger partial charge on any atom is -0.478 e. The summed E-state index contributed by atoms with van der Waals surface area (Å²) in [4.78, 5) is 10.5. The third-order valence-electron chi connectivity index (χ3n) is 1.49. The summed E-state index contributed by atoms with van der Waals surface area (Å²) in [5, 5.41) is 8.63. The Bertz CT molecular complexity index is 473. The maximum Gasteiger partial charge on any atom is 0.336 e. The Morgan fingerprint density at radius 1 is 1.38 bits per heavy atom. The Morgan fingerprint density at radius 2 is 1.81 bits per heavy atom. The van der Waals surface area contributed by atoms with E-state index in [1.807, 2.05) is 0 Å². The molecule has 16 heavy (non-hydrogen) atoms. The normalized spacial score (nSPS) is 10.2. The molecular weight excluding hydrogens is 234 g/mol. The summed E-state index contributed by atoms with van der Waals surface area (Å²) in [6, 6.07) is 4.83. The predicted octanol–water partition coefficient (Wildman–Crippen LogP) is 0.779. The number of nitrogens with two attached hydrogens (primary N) is 1. The second kappa shape index (κ2) is 5.47. The van der Waals surface area contributed by atoms with E-state index >= 15 is 0 Å². The maximum atomic E-state index is 10.5. The molecule has 0 saturated heterocycles. The summed E-state index contributed by atoms with van der Waals surface area (Å²) in [6.07, 6.45) is 0.715. The van der Waals surface area contributed by atoms with Crippen molar-refractivity contribution in [2.24, 2.45) is 0 Å². The van der Waals surface area contributed by atoms with Gasteiger partial charge in [-0.25, -0.2) is 4.79 Å². The van der Waals surface area contributed by atoms with Gasteiger partial charge in [0.05, 0.1) is 11.8 Å². The molecule has 0 heterocycles. The first-order valence-electron chi connectivity index (χ1n) is 4.13. The number of hydrogen-bond donors (Lipinski definition) is 3. The highest BCUT2D eigenvalue weighted by molar-refractivity contribution is 7.85. The van der Waals surface area contributed by atoms with Crippen molar-refractivity contribution in [2.75, 3.05) is 12.0 Å². The van der Waals surface area contributed by atoms with Crippen LogP contribution >= 0.6 is 0 Å². The molecular formula is C9H13NO5S. The van der Waals surface area contributed by atoms with Gasteiger partial charge in [-0.3, -0.25) is 4.55 Å². The van der Waals surface area contributed by atoms with E-state index in [4.69, 9.17) is 15.4 Å². The number of benzene rings is 1. The maximum absolute atomic E-state index is 10.5.